The van der Waals surface area contributed by atoms with Crippen LogP contribution in [0, 0.1) is 11.3 Å². The molecule has 0 fully saturated rings. The number of hydrogen-bond donors (Lipinski definition) is 0. The van der Waals surface area contributed by atoms with E-state index in [-0.39, 0.29) is 6.04 Å². The van der Waals surface area contributed by atoms with Crippen molar-refractivity contribution in [2.24, 2.45) is 0 Å². The van der Waals surface area contributed by atoms with Crippen LogP contribution in [0.3, 0.4) is 0 Å². The van der Waals surface area contributed by atoms with Crippen LogP contribution in [0.4, 0.5) is 5.82 Å². The van der Waals surface area contributed by atoms with Gasteiger partial charge in [-0.15, -0.1) is 0 Å². The number of aromatic nitrogens is 4. The standard InChI is InChI=1S/C17H16N6/c1-13(22(2)17-5-3-4-15(10-18)21-17)14-6-8-16(9-7-14)23-12-19-11-20-23/h3-9,11-13H,1-2H3. The quantitative estimate of drug-likeness (QED) is 0.741. The molecule has 1 aromatic carbocycles. The van der Waals surface area contributed by atoms with Gasteiger partial charge in [-0.25, -0.2) is 14.6 Å². The zero-order valence-corrected chi connectivity index (χ0v) is 13.0. The smallest absolute Gasteiger partial charge is 0.142 e. The van der Waals surface area contributed by atoms with E-state index in [0.717, 1.165) is 17.1 Å². The molecule has 0 aliphatic carbocycles. The maximum atomic E-state index is 8.98. The number of pyridine rings is 1. The summed E-state index contributed by atoms with van der Waals surface area (Å²) in [5.41, 5.74) is 2.54. The molecule has 0 radical (unpaired) electrons. The van der Waals surface area contributed by atoms with Gasteiger partial charge in [-0.1, -0.05) is 18.2 Å². The van der Waals surface area contributed by atoms with Gasteiger partial charge in [0.25, 0.3) is 0 Å². The maximum absolute atomic E-state index is 8.98. The number of nitriles is 1. The minimum atomic E-state index is 0.126. The first-order chi connectivity index (χ1) is 11.2. The van der Waals surface area contributed by atoms with E-state index >= 15 is 0 Å². The first-order valence-electron chi connectivity index (χ1n) is 7.24. The lowest BCUT2D eigenvalue weighted by atomic mass is 10.1. The molecule has 0 N–H and O–H groups in total. The number of nitrogens with zero attached hydrogens (tertiary/aromatic N) is 6. The van der Waals surface area contributed by atoms with E-state index < -0.39 is 0 Å². The Balaban J connectivity index is 1.82. The summed E-state index contributed by atoms with van der Waals surface area (Å²) in [4.78, 5) is 10.3. The first-order valence-corrected chi connectivity index (χ1v) is 7.24. The van der Waals surface area contributed by atoms with Gasteiger partial charge in [-0.3, -0.25) is 0 Å². The highest BCUT2D eigenvalue weighted by Gasteiger charge is 2.14. The Hall–Kier alpha value is -3.20. The molecule has 114 valence electrons. The summed E-state index contributed by atoms with van der Waals surface area (Å²) < 4.78 is 1.72. The van der Waals surface area contributed by atoms with Gasteiger partial charge >= 0.3 is 0 Å². The Morgan fingerprint density at radius 1 is 1.17 bits per heavy atom. The van der Waals surface area contributed by atoms with Crippen molar-refractivity contribution < 1.29 is 0 Å². The minimum absolute atomic E-state index is 0.126. The van der Waals surface area contributed by atoms with Crippen molar-refractivity contribution in [2.45, 2.75) is 13.0 Å². The van der Waals surface area contributed by atoms with Crippen LogP contribution in [0.2, 0.25) is 0 Å². The van der Waals surface area contributed by atoms with Crippen molar-refractivity contribution in [3.8, 4) is 11.8 Å². The lowest BCUT2D eigenvalue weighted by Crippen LogP contribution is -2.22. The fourth-order valence-electron chi connectivity index (χ4n) is 2.35. The third-order valence-corrected chi connectivity index (χ3v) is 3.85. The predicted octanol–water partition coefficient (Wildman–Crippen LogP) is 2.73. The van der Waals surface area contributed by atoms with Crippen molar-refractivity contribution in [1.29, 1.82) is 5.26 Å². The highest BCUT2D eigenvalue weighted by Crippen LogP contribution is 2.24. The average molecular weight is 304 g/mol. The molecule has 0 aliphatic heterocycles. The van der Waals surface area contributed by atoms with Crippen molar-refractivity contribution >= 4 is 5.82 Å². The molecule has 2 aromatic heterocycles. The molecule has 2 heterocycles. The van der Waals surface area contributed by atoms with Gasteiger partial charge in [0.05, 0.1) is 11.7 Å². The van der Waals surface area contributed by atoms with E-state index in [4.69, 9.17) is 5.26 Å². The summed E-state index contributed by atoms with van der Waals surface area (Å²) in [5, 5.41) is 13.1. The van der Waals surface area contributed by atoms with Crippen LogP contribution in [0.25, 0.3) is 5.69 Å². The van der Waals surface area contributed by atoms with Crippen LogP contribution in [0.15, 0.2) is 55.1 Å². The van der Waals surface area contributed by atoms with Crippen LogP contribution in [0.5, 0.6) is 0 Å². The molecule has 0 saturated heterocycles. The van der Waals surface area contributed by atoms with Crippen molar-refractivity contribution in [3.63, 3.8) is 0 Å². The highest BCUT2D eigenvalue weighted by molar-refractivity contribution is 5.44. The highest BCUT2D eigenvalue weighted by atomic mass is 15.3. The zero-order chi connectivity index (χ0) is 16.2. The monoisotopic (exact) mass is 304 g/mol. The van der Waals surface area contributed by atoms with Crippen LogP contribution in [-0.2, 0) is 0 Å². The lowest BCUT2D eigenvalue weighted by Gasteiger charge is -2.26. The van der Waals surface area contributed by atoms with E-state index in [1.54, 1.807) is 17.1 Å². The zero-order valence-electron chi connectivity index (χ0n) is 13.0. The number of anilines is 1. The first kappa shape index (κ1) is 14.7. The van der Waals surface area contributed by atoms with Gasteiger partial charge in [-0.2, -0.15) is 10.4 Å². The van der Waals surface area contributed by atoms with Crippen molar-refractivity contribution in [2.75, 3.05) is 11.9 Å². The van der Waals surface area contributed by atoms with Gasteiger partial charge in [0, 0.05) is 7.05 Å². The molecule has 6 heteroatoms. The Morgan fingerprint density at radius 3 is 2.61 bits per heavy atom. The van der Waals surface area contributed by atoms with E-state index in [1.165, 1.54) is 6.33 Å². The number of rotatable bonds is 4. The molecule has 3 aromatic rings. The molecule has 1 unspecified atom stereocenters. The molecule has 6 nitrogen and oxygen atoms in total. The summed E-state index contributed by atoms with van der Waals surface area (Å²) in [7, 11) is 1.97. The van der Waals surface area contributed by atoms with Gasteiger partial charge < -0.3 is 4.90 Å². The molecule has 0 bridgehead atoms. The average Bonchev–Trinajstić information content (AvgIpc) is 3.15. The Labute approximate surface area is 134 Å². The second kappa shape index (κ2) is 6.28. The molecule has 3 rings (SSSR count). The second-order valence-electron chi connectivity index (χ2n) is 5.21. The Bertz CT molecular complexity index is 817. The minimum Gasteiger partial charge on any atom is -0.353 e. The fourth-order valence-corrected chi connectivity index (χ4v) is 2.35. The van der Waals surface area contributed by atoms with Crippen LogP contribution >= 0.6 is 0 Å². The summed E-state index contributed by atoms with van der Waals surface area (Å²) in [6.45, 7) is 2.10. The molecular weight excluding hydrogens is 288 g/mol. The summed E-state index contributed by atoms with van der Waals surface area (Å²) in [5.74, 6) is 0.775. The van der Waals surface area contributed by atoms with Gasteiger partial charge in [0.1, 0.15) is 30.2 Å². The van der Waals surface area contributed by atoms with Gasteiger partial charge in [0.2, 0.25) is 0 Å². The SMILES string of the molecule is CC(c1ccc(-n2cncn2)cc1)N(C)c1cccc(C#N)n1. The third kappa shape index (κ3) is 3.04. The van der Waals surface area contributed by atoms with Crippen molar-refractivity contribution in [1.82, 2.24) is 19.7 Å². The maximum Gasteiger partial charge on any atom is 0.142 e. The lowest BCUT2D eigenvalue weighted by molar-refractivity contribution is 0.727. The van der Waals surface area contributed by atoms with Crippen LogP contribution < -0.4 is 4.90 Å². The Morgan fingerprint density at radius 2 is 1.96 bits per heavy atom. The summed E-state index contributed by atoms with van der Waals surface area (Å²) in [6.07, 6.45) is 3.18. The van der Waals surface area contributed by atoms with Gasteiger partial charge in [-0.05, 0) is 36.8 Å². The number of hydrogen-bond acceptors (Lipinski definition) is 5. The molecule has 0 spiro atoms. The van der Waals surface area contributed by atoms with Crippen LogP contribution in [-0.4, -0.2) is 26.8 Å². The van der Waals surface area contributed by atoms with E-state index in [1.807, 2.05) is 36.2 Å². The van der Waals surface area contributed by atoms with Crippen molar-refractivity contribution in [3.05, 3.63) is 66.4 Å². The normalized spacial score (nSPS) is 11.7. The van der Waals surface area contributed by atoms with Crippen LogP contribution in [0.1, 0.15) is 24.2 Å². The summed E-state index contributed by atoms with van der Waals surface area (Å²) in [6, 6.07) is 15.8. The fraction of sp³-hybridized carbons (Fsp3) is 0.176. The number of benzene rings is 1. The topological polar surface area (TPSA) is 70.6 Å². The predicted molar refractivity (Wildman–Crippen MR) is 87.1 cm³/mol. The van der Waals surface area contributed by atoms with Gasteiger partial charge in [0.15, 0.2) is 0 Å². The second-order valence-corrected chi connectivity index (χ2v) is 5.21. The molecule has 0 aliphatic rings. The Kier molecular flexibility index (Phi) is 4.02. The molecule has 23 heavy (non-hydrogen) atoms. The molecular formula is C17H16N6. The summed E-state index contributed by atoms with van der Waals surface area (Å²) >= 11 is 0. The molecule has 1 atom stereocenters. The van der Waals surface area contributed by atoms with E-state index in [9.17, 15) is 0 Å². The third-order valence-electron chi connectivity index (χ3n) is 3.85. The molecule has 0 saturated carbocycles. The van der Waals surface area contributed by atoms with E-state index in [0.29, 0.717) is 5.69 Å². The largest absolute Gasteiger partial charge is 0.353 e. The van der Waals surface area contributed by atoms with E-state index in [2.05, 4.69) is 40.2 Å². The molecule has 0 amide bonds.